The molecule has 0 unspecified atom stereocenters. The van der Waals surface area contributed by atoms with Crippen LogP contribution in [0.2, 0.25) is 0 Å². The smallest absolute Gasteiger partial charge is 0.343 e. The molecule has 4 aromatic rings. The molecule has 0 aromatic heterocycles. The van der Waals surface area contributed by atoms with Crippen molar-refractivity contribution in [3.63, 3.8) is 0 Å². The van der Waals surface area contributed by atoms with Gasteiger partial charge in [-0.3, -0.25) is 0 Å². The van der Waals surface area contributed by atoms with Gasteiger partial charge in [-0.15, -0.1) is 0 Å². The Balaban J connectivity index is 1.58. The number of esters is 2. The summed E-state index contributed by atoms with van der Waals surface area (Å²) in [7, 11) is 0. The lowest BCUT2D eigenvalue weighted by Gasteiger charge is -2.07. The van der Waals surface area contributed by atoms with E-state index in [2.05, 4.69) is 0 Å². The van der Waals surface area contributed by atoms with Crippen molar-refractivity contribution in [1.82, 2.24) is 0 Å². The molecule has 0 aliphatic rings. The Kier molecular flexibility index (Phi) is 4.85. The molecular weight excluding hydrogens is 352 g/mol. The van der Waals surface area contributed by atoms with Gasteiger partial charge < -0.3 is 9.47 Å². The van der Waals surface area contributed by atoms with Crippen LogP contribution in [0.5, 0.6) is 11.5 Å². The number of carbonyl (C=O) groups excluding carboxylic acids is 2. The van der Waals surface area contributed by atoms with Crippen LogP contribution in [0.3, 0.4) is 0 Å². The van der Waals surface area contributed by atoms with Crippen LogP contribution in [-0.4, -0.2) is 11.9 Å². The van der Waals surface area contributed by atoms with Gasteiger partial charge in [0.15, 0.2) is 0 Å². The highest BCUT2D eigenvalue weighted by atomic mass is 16.5. The number of fused-ring (bicyclic) bond motifs is 1. The van der Waals surface area contributed by atoms with Crippen LogP contribution < -0.4 is 9.47 Å². The lowest BCUT2D eigenvalue weighted by atomic mass is 10.0. The molecule has 0 radical (unpaired) electrons. The predicted octanol–water partition coefficient (Wildman–Crippen LogP) is 5.28. The zero-order chi connectivity index (χ0) is 19.3. The summed E-state index contributed by atoms with van der Waals surface area (Å²) in [6.45, 7) is 0. The van der Waals surface area contributed by atoms with Gasteiger partial charge >= 0.3 is 11.9 Å². The number of carbonyl (C=O) groups is 2. The van der Waals surface area contributed by atoms with Crippen molar-refractivity contribution in [3.8, 4) is 11.5 Å². The first kappa shape index (κ1) is 17.5. The highest BCUT2D eigenvalue weighted by molar-refractivity contribution is 6.00. The van der Waals surface area contributed by atoms with E-state index in [9.17, 15) is 9.59 Å². The number of rotatable bonds is 4. The van der Waals surface area contributed by atoms with E-state index in [1.165, 1.54) is 0 Å². The molecule has 0 amide bonds. The number of hydrogen-bond donors (Lipinski definition) is 0. The fourth-order valence-corrected chi connectivity index (χ4v) is 2.81. The van der Waals surface area contributed by atoms with Crippen molar-refractivity contribution in [2.45, 2.75) is 0 Å². The monoisotopic (exact) mass is 368 g/mol. The Bertz CT molecular complexity index is 1050. The van der Waals surface area contributed by atoms with Gasteiger partial charge in [-0.05, 0) is 59.3 Å². The molecule has 0 spiro atoms. The molecule has 0 bridgehead atoms. The molecule has 0 saturated carbocycles. The minimum atomic E-state index is -0.453. The normalized spacial score (nSPS) is 10.4. The van der Waals surface area contributed by atoms with Crippen LogP contribution in [-0.2, 0) is 0 Å². The van der Waals surface area contributed by atoms with E-state index in [1.54, 1.807) is 72.8 Å². The van der Waals surface area contributed by atoms with Crippen molar-refractivity contribution in [2.75, 3.05) is 0 Å². The van der Waals surface area contributed by atoms with Crippen molar-refractivity contribution in [3.05, 3.63) is 108 Å². The highest BCUT2D eigenvalue weighted by Gasteiger charge is 2.12. The zero-order valence-corrected chi connectivity index (χ0v) is 14.9. The van der Waals surface area contributed by atoms with Crippen LogP contribution >= 0.6 is 0 Å². The number of ether oxygens (including phenoxy) is 2. The molecule has 136 valence electrons. The summed E-state index contributed by atoms with van der Waals surface area (Å²) >= 11 is 0. The Morgan fingerprint density at radius 1 is 0.500 bits per heavy atom. The van der Waals surface area contributed by atoms with Gasteiger partial charge in [0.25, 0.3) is 0 Å². The maximum absolute atomic E-state index is 12.4. The molecule has 0 heterocycles. The summed E-state index contributed by atoms with van der Waals surface area (Å²) in [5.74, 6) is 0.0521. The van der Waals surface area contributed by atoms with E-state index in [1.807, 2.05) is 24.3 Å². The maximum atomic E-state index is 12.4. The Morgan fingerprint density at radius 3 is 1.36 bits per heavy atom. The molecule has 0 fully saturated rings. The molecule has 0 atom stereocenters. The van der Waals surface area contributed by atoms with E-state index in [0.29, 0.717) is 22.6 Å². The zero-order valence-electron chi connectivity index (χ0n) is 14.9. The van der Waals surface area contributed by atoms with Crippen LogP contribution in [0, 0.1) is 0 Å². The Hall–Kier alpha value is -3.92. The summed E-state index contributed by atoms with van der Waals surface area (Å²) in [6, 6.07) is 28.2. The van der Waals surface area contributed by atoms with E-state index in [-0.39, 0.29) is 0 Å². The number of para-hydroxylation sites is 2. The molecule has 0 aliphatic carbocycles. The summed E-state index contributed by atoms with van der Waals surface area (Å²) in [6.07, 6.45) is 0. The fourth-order valence-electron chi connectivity index (χ4n) is 2.81. The van der Waals surface area contributed by atoms with Crippen LogP contribution in [0.15, 0.2) is 97.1 Å². The largest absolute Gasteiger partial charge is 0.423 e. The minimum absolute atomic E-state index is 0.407. The van der Waals surface area contributed by atoms with Gasteiger partial charge in [-0.25, -0.2) is 9.59 Å². The van der Waals surface area contributed by atoms with Crippen LogP contribution in [0.1, 0.15) is 20.7 Å². The third-order valence-electron chi connectivity index (χ3n) is 4.22. The maximum Gasteiger partial charge on any atom is 0.343 e. The lowest BCUT2D eigenvalue weighted by molar-refractivity contribution is 0.0726. The first-order chi connectivity index (χ1) is 13.7. The molecule has 4 heteroatoms. The quantitative estimate of drug-likeness (QED) is 0.363. The number of benzene rings is 4. The predicted molar refractivity (Wildman–Crippen MR) is 107 cm³/mol. The first-order valence-electron chi connectivity index (χ1n) is 8.77. The van der Waals surface area contributed by atoms with Crippen molar-refractivity contribution < 1.29 is 19.1 Å². The summed E-state index contributed by atoms with van der Waals surface area (Å²) in [5.41, 5.74) is 0.815. The summed E-state index contributed by atoms with van der Waals surface area (Å²) in [4.78, 5) is 24.8. The second kappa shape index (κ2) is 7.76. The summed E-state index contributed by atoms with van der Waals surface area (Å²) in [5, 5.41) is 1.66. The topological polar surface area (TPSA) is 52.6 Å². The third kappa shape index (κ3) is 3.91. The first-order valence-corrected chi connectivity index (χ1v) is 8.77. The molecule has 4 nitrogen and oxygen atoms in total. The number of hydrogen-bond acceptors (Lipinski definition) is 4. The Morgan fingerprint density at radius 2 is 0.929 bits per heavy atom. The third-order valence-corrected chi connectivity index (χ3v) is 4.22. The Labute approximate surface area is 162 Å². The summed E-state index contributed by atoms with van der Waals surface area (Å²) < 4.78 is 10.8. The van der Waals surface area contributed by atoms with Crippen molar-refractivity contribution in [1.29, 1.82) is 0 Å². The highest BCUT2D eigenvalue weighted by Crippen LogP contribution is 2.21. The molecule has 4 aromatic carbocycles. The van der Waals surface area contributed by atoms with E-state index in [0.717, 1.165) is 10.8 Å². The second-order valence-electron chi connectivity index (χ2n) is 6.18. The average Bonchev–Trinajstić information content (AvgIpc) is 2.74. The molecule has 0 saturated heterocycles. The standard InChI is InChI=1S/C24H16O4/c25-23(27-21-7-3-1-4-8-21)18-13-11-17-12-14-19(16-20(17)15-18)24(26)28-22-9-5-2-6-10-22/h1-16H. The van der Waals surface area contributed by atoms with Gasteiger partial charge in [-0.1, -0.05) is 48.5 Å². The average molecular weight is 368 g/mol. The van der Waals surface area contributed by atoms with Crippen molar-refractivity contribution in [2.24, 2.45) is 0 Å². The molecule has 0 N–H and O–H groups in total. The second-order valence-corrected chi connectivity index (χ2v) is 6.18. The van der Waals surface area contributed by atoms with E-state index >= 15 is 0 Å². The van der Waals surface area contributed by atoms with Crippen LogP contribution in [0.4, 0.5) is 0 Å². The molecular formula is C24H16O4. The molecule has 0 aliphatic heterocycles. The minimum Gasteiger partial charge on any atom is -0.423 e. The van der Waals surface area contributed by atoms with Gasteiger partial charge in [0, 0.05) is 0 Å². The van der Waals surface area contributed by atoms with Crippen molar-refractivity contribution >= 4 is 22.7 Å². The lowest BCUT2D eigenvalue weighted by Crippen LogP contribution is -2.09. The molecule has 4 rings (SSSR count). The van der Waals surface area contributed by atoms with E-state index in [4.69, 9.17) is 9.47 Å². The van der Waals surface area contributed by atoms with Gasteiger partial charge in [0.05, 0.1) is 11.1 Å². The van der Waals surface area contributed by atoms with E-state index < -0.39 is 11.9 Å². The van der Waals surface area contributed by atoms with Gasteiger partial charge in [0.1, 0.15) is 11.5 Å². The fraction of sp³-hybridized carbons (Fsp3) is 0. The molecule has 28 heavy (non-hydrogen) atoms. The van der Waals surface area contributed by atoms with Crippen LogP contribution in [0.25, 0.3) is 10.8 Å². The van der Waals surface area contributed by atoms with Gasteiger partial charge in [0.2, 0.25) is 0 Å². The SMILES string of the molecule is O=C(Oc1ccccc1)c1ccc2ccc(C(=O)Oc3ccccc3)cc2c1. The van der Waals surface area contributed by atoms with Gasteiger partial charge in [-0.2, -0.15) is 0 Å².